The molecular formula is C14H19ClO. The zero-order valence-electron chi connectivity index (χ0n) is 10.4. The fourth-order valence-electron chi connectivity index (χ4n) is 2.34. The first kappa shape index (κ1) is 11.8. The highest BCUT2D eigenvalue weighted by molar-refractivity contribution is 6.30. The van der Waals surface area contributed by atoms with E-state index in [1.54, 1.807) is 0 Å². The molecule has 0 saturated carbocycles. The van der Waals surface area contributed by atoms with Crippen molar-refractivity contribution in [1.29, 1.82) is 0 Å². The average Bonchev–Trinajstić information content (AvgIpc) is 2.38. The highest BCUT2D eigenvalue weighted by atomic mass is 35.5. The van der Waals surface area contributed by atoms with E-state index in [1.807, 2.05) is 12.1 Å². The summed E-state index contributed by atoms with van der Waals surface area (Å²) in [4.78, 5) is 0. The van der Waals surface area contributed by atoms with E-state index in [1.165, 1.54) is 11.1 Å². The van der Waals surface area contributed by atoms with Gasteiger partial charge in [-0.25, -0.2) is 0 Å². The third kappa shape index (κ3) is 2.35. The zero-order chi connectivity index (χ0) is 11.9. The van der Waals surface area contributed by atoms with Crippen LogP contribution in [-0.2, 0) is 12.8 Å². The van der Waals surface area contributed by atoms with Gasteiger partial charge in [0.25, 0.3) is 0 Å². The maximum Gasteiger partial charge on any atom is 0.126 e. The molecule has 1 nitrogen and oxygen atoms in total. The van der Waals surface area contributed by atoms with Crippen LogP contribution in [0.25, 0.3) is 0 Å². The van der Waals surface area contributed by atoms with E-state index in [9.17, 15) is 0 Å². The van der Waals surface area contributed by atoms with Gasteiger partial charge in [0.15, 0.2) is 0 Å². The first-order valence-electron chi connectivity index (χ1n) is 5.88. The van der Waals surface area contributed by atoms with Gasteiger partial charge >= 0.3 is 0 Å². The summed E-state index contributed by atoms with van der Waals surface area (Å²) in [5, 5.41) is 0.829. The van der Waals surface area contributed by atoms with Gasteiger partial charge in [-0.15, -0.1) is 0 Å². The van der Waals surface area contributed by atoms with Crippen LogP contribution in [-0.4, -0.2) is 5.60 Å². The van der Waals surface area contributed by atoms with Crippen molar-refractivity contribution < 1.29 is 4.74 Å². The van der Waals surface area contributed by atoms with Crippen LogP contribution in [0.5, 0.6) is 5.75 Å². The first-order valence-corrected chi connectivity index (χ1v) is 6.25. The second kappa shape index (κ2) is 3.96. The predicted molar refractivity (Wildman–Crippen MR) is 68.4 cm³/mol. The van der Waals surface area contributed by atoms with Crippen molar-refractivity contribution in [2.24, 2.45) is 5.92 Å². The van der Waals surface area contributed by atoms with E-state index in [2.05, 4.69) is 27.7 Å². The SMILES string of the molecule is CC(C)Cc1cc(Cl)cc2c1OC(C)(C)C2. The van der Waals surface area contributed by atoms with Gasteiger partial charge in [-0.05, 0) is 49.4 Å². The van der Waals surface area contributed by atoms with E-state index < -0.39 is 0 Å². The summed E-state index contributed by atoms with van der Waals surface area (Å²) < 4.78 is 6.02. The summed E-state index contributed by atoms with van der Waals surface area (Å²) in [5.41, 5.74) is 2.43. The average molecular weight is 239 g/mol. The zero-order valence-corrected chi connectivity index (χ0v) is 11.2. The van der Waals surface area contributed by atoms with E-state index in [-0.39, 0.29) is 5.60 Å². The number of benzene rings is 1. The molecule has 1 aliphatic heterocycles. The van der Waals surface area contributed by atoms with Crippen LogP contribution >= 0.6 is 11.6 Å². The molecule has 1 aromatic carbocycles. The van der Waals surface area contributed by atoms with Gasteiger partial charge in [0.05, 0.1) is 0 Å². The van der Waals surface area contributed by atoms with Crippen LogP contribution in [0.15, 0.2) is 12.1 Å². The Balaban J connectivity index is 2.41. The molecule has 0 fully saturated rings. The minimum absolute atomic E-state index is 0.0846. The molecule has 2 heteroatoms. The Labute approximate surface area is 103 Å². The molecule has 0 bridgehead atoms. The van der Waals surface area contributed by atoms with Crippen molar-refractivity contribution in [2.45, 2.75) is 46.1 Å². The summed E-state index contributed by atoms with van der Waals surface area (Å²) in [6, 6.07) is 4.08. The second-order valence-corrected chi connectivity index (χ2v) is 6.13. The minimum Gasteiger partial charge on any atom is -0.487 e. The first-order chi connectivity index (χ1) is 7.37. The van der Waals surface area contributed by atoms with Crippen LogP contribution in [0.4, 0.5) is 0 Å². The summed E-state index contributed by atoms with van der Waals surface area (Å²) in [6.45, 7) is 8.68. The van der Waals surface area contributed by atoms with Gasteiger partial charge in [0, 0.05) is 11.4 Å². The Morgan fingerprint density at radius 1 is 1.38 bits per heavy atom. The minimum atomic E-state index is -0.0846. The molecule has 0 saturated heterocycles. The van der Waals surface area contributed by atoms with Gasteiger partial charge in [-0.2, -0.15) is 0 Å². The van der Waals surface area contributed by atoms with Gasteiger partial charge in [0.2, 0.25) is 0 Å². The predicted octanol–water partition coefficient (Wildman–Crippen LogP) is 4.25. The maximum atomic E-state index is 6.15. The Morgan fingerprint density at radius 2 is 2.06 bits per heavy atom. The summed E-state index contributed by atoms with van der Waals surface area (Å²) in [7, 11) is 0. The number of hydrogen-bond acceptors (Lipinski definition) is 1. The molecule has 1 aliphatic rings. The lowest BCUT2D eigenvalue weighted by Crippen LogP contribution is -2.24. The Morgan fingerprint density at radius 3 is 2.69 bits per heavy atom. The van der Waals surface area contributed by atoms with Crippen molar-refractivity contribution in [2.75, 3.05) is 0 Å². The summed E-state index contributed by atoms with van der Waals surface area (Å²) in [5.74, 6) is 1.69. The van der Waals surface area contributed by atoms with E-state index in [4.69, 9.17) is 16.3 Å². The number of fused-ring (bicyclic) bond motifs is 1. The Hall–Kier alpha value is -0.690. The van der Waals surface area contributed by atoms with Crippen molar-refractivity contribution in [3.8, 4) is 5.75 Å². The molecule has 2 rings (SSSR count). The summed E-state index contributed by atoms with van der Waals surface area (Å²) >= 11 is 6.15. The Kier molecular flexibility index (Phi) is 2.91. The van der Waals surface area contributed by atoms with Gasteiger partial charge in [-0.3, -0.25) is 0 Å². The largest absolute Gasteiger partial charge is 0.487 e. The summed E-state index contributed by atoms with van der Waals surface area (Å²) in [6.07, 6.45) is 1.98. The molecule has 88 valence electrons. The molecule has 0 aliphatic carbocycles. The Bertz CT molecular complexity index is 407. The maximum absolute atomic E-state index is 6.15. The van der Waals surface area contributed by atoms with Gasteiger partial charge < -0.3 is 4.74 Å². The number of halogens is 1. The molecular weight excluding hydrogens is 220 g/mol. The molecule has 16 heavy (non-hydrogen) atoms. The van der Waals surface area contributed by atoms with Crippen molar-refractivity contribution in [3.05, 3.63) is 28.3 Å². The van der Waals surface area contributed by atoms with Gasteiger partial charge in [-0.1, -0.05) is 25.4 Å². The fraction of sp³-hybridized carbons (Fsp3) is 0.571. The third-order valence-corrected chi connectivity index (χ3v) is 3.05. The standard InChI is InChI=1S/C14H19ClO/c1-9(2)5-10-6-12(15)7-11-8-14(3,4)16-13(10)11/h6-7,9H,5,8H2,1-4H3. The number of ether oxygens (including phenoxy) is 1. The lowest BCUT2D eigenvalue weighted by atomic mass is 9.97. The third-order valence-electron chi connectivity index (χ3n) is 2.83. The molecule has 0 spiro atoms. The molecule has 1 aromatic rings. The molecule has 0 aromatic heterocycles. The van der Waals surface area contributed by atoms with Crippen molar-refractivity contribution >= 4 is 11.6 Å². The van der Waals surface area contributed by atoms with Crippen molar-refractivity contribution in [3.63, 3.8) is 0 Å². The van der Waals surface area contributed by atoms with Gasteiger partial charge in [0.1, 0.15) is 11.4 Å². The lowest BCUT2D eigenvalue weighted by molar-refractivity contribution is 0.137. The smallest absolute Gasteiger partial charge is 0.126 e. The molecule has 1 heterocycles. The van der Waals surface area contributed by atoms with Crippen LogP contribution < -0.4 is 4.74 Å². The van der Waals surface area contributed by atoms with Crippen LogP contribution in [0.2, 0.25) is 5.02 Å². The lowest BCUT2D eigenvalue weighted by Gasteiger charge is -2.18. The van der Waals surface area contributed by atoms with Crippen LogP contribution in [0.3, 0.4) is 0 Å². The van der Waals surface area contributed by atoms with E-state index >= 15 is 0 Å². The fourth-order valence-corrected chi connectivity index (χ4v) is 2.60. The van der Waals surface area contributed by atoms with Crippen molar-refractivity contribution in [1.82, 2.24) is 0 Å². The highest BCUT2D eigenvalue weighted by Gasteiger charge is 2.32. The monoisotopic (exact) mass is 238 g/mol. The highest BCUT2D eigenvalue weighted by Crippen LogP contribution is 2.40. The van der Waals surface area contributed by atoms with E-state index in [0.717, 1.165) is 23.6 Å². The normalized spacial score (nSPS) is 17.4. The molecule has 0 amide bonds. The van der Waals surface area contributed by atoms with Crippen LogP contribution in [0, 0.1) is 5.92 Å². The molecule has 0 unspecified atom stereocenters. The molecule has 0 N–H and O–H groups in total. The molecule has 0 atom stereocenters. The second-order valence-electron chi connectivity index (χ2n) is 5.69. The number of hydrogen-bond donors (Lipinski definition) is 0. The number of rotatable bonds is 2. The topological polar surface area (TPSA) is 9.23 Å². The van der Waals surface area contributed by atoms with E-state index in [0.29, 0.717) is 5.92 Å². The molecule has 0 radical (unpaired) electrons. The quantitative estimate of drug-likeness (QED) is 0.749. The van der Waals surface area contributed by atoms with Crippen LogP contribution in [0.1, 0.15) is 38.8 Å².